The highest BCUT2D eigenvalue weighted by atomic mass is 16.5. The maximum absolute atomic E-state index is 11.4. The zero-order chi connectivity index (χ0) is 15.4. The Kier molecular flexibility index (Phi) is 4.55. The molecule has 0 bridgehead atoms. The van der Waals surface area contributed by atoms with Gasteiger partial charge in [-0.15, -0.1) is 0 Å². The van der Waals surface area contributed by atoms with Crippen molar-refractivity contribution < 1.29 is 19.4 Å². The van der Waals surface area contributed by atoms with E-state index in [0.29, 0.717) is 23.6 Å². The topological polar surface area (TPSA) is 68.7 Å². The molecule has 2 aromatic rings. The molecule has 21 heavy (non-hydrogen) atoms. The van der Waals surface area contributed by atoms with Gasteiger partial charge < -0.3 is 14.6 Å². The lowest BCUT2D eigenvalue weighted by Crippen LogP contribution is -2.06. The first-order valence-corrected chi connectivity index (χ1v) is 6.48. The van der Waals surface area contributed by atoms with Crippen LogP contribution in [-0.2, 0) is 11.3 Å². The number of hydrogen-bond donors (Lipinski definition) is 1. The van der Waals surface area contributed by atoms with Crippen LogP contribution in [0.15, 0.2) is 30.3 Å². The van der Waals surface area contributed by atoms with E-state index in [1.165, 1.54) is 0 Å². The maximum Gasteiger partial charge on any atom is 0.341 e. The van der Waals surface area contributed by atoms with E-state index in [0.717, 1.165) is 5.56 Å². The molecule has 110 valence electrons. The number of methoxy groups -OCH3 is 1. The SMILES string of the molecule is COCc1cccc(Oc2nc(C)cc(C)c2C(=O)O)c1. The van der Waals surface area contributed by atoms with Crippen molar-refractivity contribution in [3.05, 3.63) is 52.7 Å². The van der Waals surface area contributed by atoms with Gasteiger partial charge in [0.1, 0.15) is 11.3 Å². The van der Waals surface area contributed by atoms with Gasteiger partial charge in [0.25, 0.3) is 0 Å². The third kappa shape index (κ3) is 3.58. The fraction of sp³-hybridized carbons (Fsp3) is 0.250. The molecule has 1 aromatic heterocycles. The molecule has 0 spiro atoms. The summed E-state index contributed by atoms with van der Waals surface area (Å²) in [6.07, 6.45) is 0. The van der Waals surface area contributed by atoms with Gasteiger partial charge >= 0.3 is 5.97 Å². The molecule has 0 saturated heterocycles. The number of pyridine rings is 1. The van der Waals surface area contributed by atoms with E-state index >= 15 is 0 Å². The van der Waals surface area contributed by atoms with Crippen LogP contribution in [0.4, 0.5) is 0 Å². The lowest BCUT2D eigenvalue weighted by Gasteiger charge is -2.11. The lowest BCUT2D eigenvalue weighted by atomic mass is 10.1. The fourth-order valence-corrected chi connectivity index (χ4v) is 2.11. The highest BCUT2D eigenvalue weighted by Crippen LogP contribution is 2.27. The summed E-state index contributed by atoms with van der Waals surface area (Å²) in [5.74, 6) is -0.415. The van der Waals surface area contributed by atoms with Crippen LogP contribution in [0.1, 0.15) is 27.2 Å². The molecular weight excluding hydrogens is 270 g/mol. The van der Waals surface area contributed by atoms with Gasteiger partial charge in [-0.3, -0.25) is 0 Å². The Labute approximate surface area is 123 Å². The molecule has 0 aliphatic rings. The largest absolute Gasteiger partial charge is 0.477 e. The molecule has 0 radical (unpaired) electrons. The molecule has 5 heteroatoms. The third-order valence-electron chi connectivity index (χ3n) is 2.95. The second-order valence-corrected chi connectivity index (χ2v) is 4.75. The van der Waals surface area contributed by atoms with Gasteiger partial charge in [-0.25, -0.2) is 9.78 Å². The summed E-state index contributed by atoms with van der Waals surface area (Å²) >= 11 is 0. The summed E-state index contributed by atoms with van der Waals surface area (Å²) in [5.41, 5.74) is 2.35. The maximum atomic E-state index is 11.4. The molecule has 0 amide bonds. The van der Waals surface area contributed by atoms with Crippen molar-refractivity contribution in [2.75, 3.05) is 7.11 Å². The molecular formula is C16H17NO4. The van der Waals surface area contributed by atoms with Crippen LogP contribution in [-0.4, -0.2) is 23.2 Å². The average molecular weight is 287 g/mol. The second kappa shape index (κ2) is 6.37. The summed E-state index contributed by atoms with van der Waals surface area (Å²) in [7, 11) is 1.61. The number of ether oxygens (including phenoxy) is 2. The van der Waals surface area contributed by atoms with Crippen LogP contribution in [0.3, 0.4) is 0 Å². The van der Waals surface area contributed by atoms with Gasteiger partial charge in [0.05, 0.1) is 6.61 Å². The van der Waals surface area contributed by atoms with Crippen LogP contribution in [0, 0.1) is 13.8 Å². The van der Waals surface area contributed by atoms with E-state index in [-0.39, 0.29) is 11.4 Å². The van der Waals surface area contributed by atoms with Crippen LogP contribution in [0.25, 0.3) is 0 Å². The van der Waals surface area contributed by atoms with E-state index < -0.39 is 5.97 Å². The fourth-order valence-electron chi connectivity index (χ4n) is 2.11. The monoisotopic (exact) mass is 287 g/mol. The van der Waals surface area contributed by atoms with Gasteiger partial charge in [-0.1, -0.05) is 12.1 Å². The first-order valence-electron chi connectivity index (χ1n) is 6.48. The summed E-state index contributed by atoms with van der Waals surface area (Å²) < 4.78 is 10.7. The van der Waals surface area contributed by atoms with Crippen molar-refractivity contribution >= 4 is 5.97 Å². The zero-order valence-corrected chi connectivity index (χ0v) is 12.2. The minimum absolute atomic E-state index is 0.0812. The quantitative estimate of drug-likeness (QED) is 0.913. The molecule has 1 aromatic carbocycles. The number of benzene rings is 1. The average Bonchev–Trinajstić information content (AvgIpc) is 2.38. The number of carbonyl (C=O) groups is 1. The van der Waals surface area contributed by atoms with E-state index in [4.69, 9.17) is 9.47 Å². The molecule has 0 aliphatic heterocycles. The van der Waals surface area contributed by atoms with Crippen LogP contribution < -0.4 is 4.74 Å². The standard InChI is InChI=1S/C16H17NO4/c1-10-7-11(2)17-15(14(10)16(18)19)21-13-6-4-5-12(8-13)9-20-3/h4-8H,9H2,1-3H3,(H,18,19). The summed E-state index contributed by atoms with van der Waals surface area (Å²) in [5, 5.41) is 9.31. The second-order valence-electron chi connectivity index (χ2n) is 4.75. The predicted molar refractivity (Wildman–Crippen MR) is 77.9 cm³/mol. The summed E-state index contributed by atoms with van der Waals surface area (Å²) in [6.45, 7) is 3.99. The molecule has 0 atom stereocenters. The molecule has 0 saturated carbocycles. The molecule has 1 heterocycles. The number of hydrogen-bond acceptors (Lipinski definition) is 4. The highest BCUT2D eigenvalue weighted by Gasteiger charge is 2.17. The Morgan fingerprint density at radius 3 is 2.71 bits per heavy atom. The number of aryl methyl sites for hydroxylation is 2. The van der Waals surface area contributed by atoms with Crippen molar-refractivity contribution in [2.24, 2.45) is 0 Å². The van der Waals surface area contributed by atoms with Crippen LogP contribution >= 0.6 is 0 Å². The van der Waals surface area contributed by atoms with Crippen molar-refractivity contribution in [3.8, 4) is 11.6 Å². The highest BCUT2D eigenvalue weighted by molar-refractivity contribution is 5.92. The number of rotatable bonds is 5. The number of carboxylic acids is 1. The van der Waals surface area contributed by atoms with E-state index in [1.54, 1.807) is 39.2 Å². The molecule has 0 aliphatic carbocycles. The van der Waals surface area contributed by atoms with Gasteiger partial charge in [0, 0.05) is 12.8 Å². The van der Waals surface area contributed by atoms with E-state index in [9.17, 15) is 9.90 Å². The Morgan fingerprint density at radius 2 is 2.05 bits per heavy atom. The van der Waals surface area contributed by atoms with Crippen LogP contribution in [0.2, 0.25) is 0 Å². The molecule has 0 unspecified atom stereocenters. The Morgan fingerprint density at radius 1 is 1.29 bits per heavy atom. The molecule has 5 nitrogen and oxygen atoms in total. The van der Waals surface area contributed by atoms with Crippen LogP contribution in [0.5, 0.6) is 11.6 Å². The zero-order valence-electron chi connectivity index (χ0n) is 12.2. The number of nitrogens with zero attached hydrogens (tertiary/aromatic N) is 1. The first kappa shape index (κ1) is 15.0. The van der Waals surface area contributed by atoms with Gasteiger partial charge in [0.2, 0.25) is 5.88 Å². The van der Waals surface area contributed by atoms with Gasteiger partial charge in [-0.2, -0.15) is 0 Å². The molecule has 0 fully saturated rings. The minimum atomic E-state index is -1.05. The third-order valence-corrected chi connectivity index (χ3v) is 2.95. The van der Waals surface area contributed by atoms with Crippen molar-refractivity contribution in [3.63, 3.8) is 0 Å². The van der Waals surface area contributed by atoms with Crippen molar-refractivity contribution in [1.82, 2.24) is 4.98 Å². The smallest absolute Gasteiger partial charge is 0.341 e. The molecule has 1 N–H and O–H groups in total. The Balaban J connectivity index is 2.39. The van der Waals surface area contributed by atoms with Gasteiger partial charge in [-0.05, 0) is 43.2 Å². The van der Waals surface area contributed by atoms with Crippen molar-refractivity contribution in [1.29, 1.82) is 0 Å². The first-order chi connectivity index (χ1) is 10.0. The number of aromatic nitrogens is 1. The van der Waals surface area contributed by atoms with E-state index in [2.05, 4.69) is 4.98 Å². The summed E-state index contributed by atoms with van der Waals surface area (Å²) in [6, 6.07) is 9.01. The van der Waals surface area contributed by atoms with E-state index in [1.807, 2.05) is 12.1 Å². The number of carboxylic acid groups (broad SMARTS) is 1. The predicted octanol–water partition coefficient (Wildman–Crippen LogP) is 3.34. The summed E-state index contributed by atoms with van der Waals surface area (Å²) in [4.78, 5) is 15.6. The normalized spacial score (nSPS) is 10.4. The minimum Gasteiger partial charge on any atom is -0.477 e. The Hall–Kier alpha value is -2.40. The van der Waals surface area contributed by atoms with Crippen molar-refractivity contribution in [2.45, 2.75) is 20.5 Å². The molecule has 2 rings (SSSR count). The number of aromatic carboxylic acids is 1. The van der Waals surface area contributed by atoms with Gasteiger partial charge in [0.15, 0.2) is 0 Å². The lowest BCUT2D eigenvalue weighted by molar-refractivity contribution is 0.0692. The Bertz CT molecular complexity index is 667.